The highest BCUT2D eigenvalue weighted by Gasteiger charge is 2.26. The molecule has 106 valence electrons. The van der Waals surface area contributed by atoms with Crippen molar-refractivity contribution in [3.05, 3.63) is 46.6 Å². The summed E-state index contributed by atoms with van der Waals surface area (Å²) in [7, 11) is 0. The zero-order valence-corrected chi connectivity index (χ0v) is 12.4. The maximum Gasteiger partial charge on any atom is 0.311 e. The number of carbonyl (C=O) groups is 1. The summed E-state index contributed by atoms with van der Waals surface area (Å²) in [5.41, 5.74) is 5.73. The third-order valence-electron chi connectivity index (χ3n) is 3.79. The summed E-state index contributed by atoms with van der Waals surface area (Å²) in [4.78, 5) is 17.4. The molecule has 4 rings (SSSR count). The van der Waals surface area contributed by atoms with Gasteiger partial charge in [-0.05, 0) is 12.5 Å². The summed E-state index contributed by atoms with van der Waals surface area (Å²) in [6.45, 7) is 2.24. The lowest BCUT2D eigenvalue weighted by Gasteiger charge is -2.02. The topological polar surface area (TPSA) is 43.6 Å². The fourth-order valence-electron chi connectivity index (χ4n) is 2.93. The highest BCUT2D eigenvalue weighted by Crippen LogP contribution is 2.38. The summed E-state index contributed by atoms with van der Waals surface area (Å²) in [6.07, 6.45) is 1.17. The molecule has 2 heterocycles. The molecule has 0 radical (unpaired) electrons. The number of thiazole rings is 1. The van der Waals surface area contributed by atoms with E-state index in [4.69, 9.17) is 9.72 Å². The molecular formula is C16H14N2O2S. The average molecular weight is 298 g/mol. The van der Waals surface area contributed by atoms with Crippen LogP contribution in [0.3, 0.4) is 0 Å². The second kappa shape index (κ2) is 4.70. The van der Waals surface area contributed by atoms with Crippen LogP contribution in [0.2, 0.25) is 0 Å². The number of benzene rings is 1. The van der Waals surface area contributed by atoms with Crippen LogP contribution in [0, 0.1) is 0 Å². The van der Waals surface area contributed by atoms with E-state index in [0.29, 0.717) is 13.0 Å². The quantitative estimate of drug-likeness (QED) is 0.546. The Bertz CT molecular complexity index is 847. The van der Waals surface area contributed by atoms with Gasteiger partial charge in [-0.1, -0.05) is 24.3 Å². The Labute approximate surface area is 126 Å². The minimum Gasteiger partial charge on any atom is -0.466 e. The third-order valence-corrected chi connectivity index (χ3v) is 4.67. The molecule has 2 aromatic heterocycles. The monoisotopic (exact) mass is 298 g/mol. The number of aromatic nitrogens is 2. The largest absolute Gasteiger partial charge is 0.466 e. The van der Waals surface area contributed by atoms with Crippen molar-refractivity contribution in [3.8, 4) is 11.3 Å². The number of imidazole rings is 1. The first-order valence-corrected chi connectivity index (χ1v) is 7.87. The van der Waals surface area contributed by atoms with Gasteiger partial charge in [0.1, 0.15) is 0 Å². The van der Waals surface area contributed by atoms with Crippen LogP contribution in [-0.2, 0) is 22.4 Å². The number of hydrogen-bond donors (Lipinski definition) is 0. The molecule has 3 aromatic rings. The Morgan fingerprint density at radius 2 is 2.29 bits per heavy atom. The van der Waals surface area contributed by atoms with Crippen LogP contribution in [0.15, 0.2) is 29.6 Å². The molecule has 0 aliphatic heterocycles. The highest BCUT2D eigenvalue weighted by molar-refractivity contribution is 7.15. The van der Waals surface area contributed by atoms with Gasteiger partial charge in [0.05, 0.1) is 24.4 Å². The molecule has 0 N–H and O–H groups in total. The number of hydrogen-bond acceptors (Lipinski definition) is 4. The van der Waals surface area contributed by atoms with Crippen molar-refractivity contribution in [2.75, 3.05) is 6.61 Å². The average Bonchev–Trinajstić information content (AvgIpc) is 3.10. The molecule has 5 heteroatoms. The maximum atomic E-state index is 11.7. The standard InChI is InChI=1S/C16H14N2O2S/c1-2-20-14(19)8-11-9-21-16-17-15-12-6-4-3-5-10(12)7-13(15)18(11)16/h3-6,9H,2,7-8H2,1H3. The predicted molar refractivity (Wildman–Crippen MR) is 81.6 cm³/mol. The number of esters is 1. The Morgan fingerprint density at radius 3 is 3.14 bits per heavy atom. The van der Waals surface area contributed by atoms with Crippen LogP contribution in [0.5, 0.6) is 0 Å². The Hall–Kier alpha value is -2.14. The summed E-state index contributed by atoms with van der Waals surface area (Å²) in [5, 5.41) is 2.00. The first-order chi connectivity index (χ1) is 10.3. The molecule has 0 unspecified atom stereocenters. The van der Waals surface area contributed by atoms with Gasteiger partial charge < -0.3 is 4.74 Å². The molecule has 0 atom stereocenters. The van der Waals surface area contributed by atoms with E-state index in [1.54, 1.807) is 11.3 Å². The van der Waals surface area contributed by atoms with Crippen molar-refractivity contribution in [2.45, 2.75) is 19.8 Å². The van der Waals surface area contributed by atoms with Crippen LogP contribution in [-0.4, -0.2) is 22.0 Å². The minimum absolute atomic E-state index is 0.185. The van der Waals surface area contributed by atoms with Crippen molar-refractivity contribution < 1.29 is 9.53 Å². The molecule has 21 heavy (non-hydrogen) atoms. The van der Waals surface area contributed by atoms with Crippen molar-refractivity contribution in [3.63, 3.8) is 0 Å². The van der Waals surface area contributed by atoms with E-state index in [9.17, 15) is 4.79 Å². The molecule has 0 bridgehead atoms. The molecule has 0 saturated heterocycles. The second-order valence-electron chi connectivity index (χ2n) is 5.07. The van der Waals surface area contributed by atoms with Crippen molar-refractivity contribution in [1.29, 1.82) is 0 Å². The van der Waals surface area contributed by atoms with Crippen molar-refractivity contribution >= 4 is 22.3 Å². The molecule has 0 fully saturated rings. The van der Waals surface area contributed by atoms with Crippen molar-refractivity contribution in [2.24, 2.45) is 0 Å². The summed E-state index contributed by atoms with van der Waals surface area (Å²) >= 11 is 1.58. The Balaban J connectivity index is 1.80. The highest BCUT2D eigenvalue weighted by atomic mass is 32.1. The van der Waals surface area contributed by atoms with Gasteiger partial charge in [-0.3, -0.25) is 9.20 Å². The number of carbonyl (C=O) groups excluding carboxylic acids is 1. The summed E-state index contributed by atoms with van der Waals surface area (Å²) in [5.74, 6) is -0.185. The molecule has 1 aliphatic carbocycles. The fraction of sp³-hybridized carbons (Fsp3) is 0.250. The van der Waals surface area contributed by atoms with Crippen LogP contribution in [0.4, 0.5) is 0 Å². The van der Waals surface area contributed by atoms with Gasteiger partial charge in [-0.2, -0.15) is 0 Å². The van der Waals surface area contributed by atoms with Gasteiger partial charge in [0, 0.05) is 23.1 Å². The molecule has 4 nitrogen and oxygen atoms in total. The van der Waals surface area contributed by atoms with Crippen LogP contribution in [0.1, 0.15) is 23.9 Å². The van der Waals surface area contributed by atoms with Crippen LogP contribution in [0.25, 0.3) is 16.2 Å². The van der Waals surface area contributed by atoms with Crippen LogP contribution < -0.4 is 0 Å². The van der Waals surface area contributed by atoms with E-state index >= 15 is 0 Å². The van der Waals surface area contributed by atoms with Crippen LogP contribution >= 0.6 is 11.3 Å². The maximum absolute atomic E-state index is 11.7. The molecule has 0 spiro atoms. The Morgan fingerprint density at radius 1 is 1.43 bits per heavy atom. The SMILES string of the molecule is CCOC(=O)Cc1csc2nc3c(n12)Cc1ccccc1-3. The summed E-state index contributed by atoms with van der Waals surface area (Å²) < 4.78 is 7.18. The lowest BCUT2D eigenvalue weighted by atomic mass is 10.1. The normalized spacial score (nSPS) is 12.4. The van der Waals surface area contributed by atoms with E-state index in [1.165, 1.54) is 16.8 Å². The molecule has 1 aromatic carbocycles. The molecule has 0 saturated carbocycles. The van der Waals surface area contributed by atoms with Gasteiger partial charge in [-0.15, -0.1) is 11.3 Å². The van der Waals surface area contributed by atoms with Gasteiger partial charge >= 0.3 is 5.97 Å². The fourth-order valence-corrected chi connectivity index (χ4v) is 3.83. The first kappa shape index (κ1) is 12.6. The number of ether oxygens (including phenoxy) is 1. The lowest BCUT2D eigenvalue weighted by molar-refractivity contribution is -0.142. The number of rotatable bonds is 3. The van der Waals surface area contributed by atoms with Gasteiger partial charge in [0.15, 0.2) is 4.96 Å². The van der Waals surface area contributed by atoms with E-state index in [2.05, 4.69) is 22.6 Å². The number of nitrogens with zero attached hydrogens (tertiary/aromatic N) is 2. The zero-order chi connectivity index (χ0) is 14.4. The Kier molecular flexibility index (Phi) is 2.82. The van der Waals surface area contributed by atoms with Gasteiger partial charge in [-0.25, -0.2) is 4.98 Å². The van der Waals surface area contributed by atoms with E-state index < -0.39 is 0 Å². The van der Waals surface area contributed by atoms with E-state index in [1.807, 2.05) is 18.4 Å². The van der Waals surface area contributed by atoms with Crippen molar-refractivity contribution in [1.82, 2.24) is 9.38 Å². The summed E-state index contributed by atoms with van der Waals surface area (Å²) in [6, 6.07) is 8.35. The van der Waals surface area contributed by atoms with E-state index in [-0.39, 0.29) is 5.97 Å². The second-order valence-corrected chi connectivity index (χ2v) is 5.90. The first-order valence-electron chi connectivity index (χ1n) is 6.99. The lowest BCUT2D eigenvalue weighted by Crippen LogP contribution is -2.09. The van der Waals surface area contributed by atoms with Gasteiger partial charge in [0.25, 0.3) is 0 Å². The molecular weight excluding hydrogens is 284 g/mol. The molecule has 1 aliphatic rings. The smallest absolute Gasteiger partial charge is 0.311 e. The zero-order valence-electron chi connectivity index (χ0n) is 11.6. The van der Waals surface area contributed by atoms with E-state index in [0.717, 1.165) is 22.8 Å². The minimum atomic E-state index is -0.185. The van der Waals surface area contributed by atoms with Gasteiger partial charge in [0.2, 0.25) is 0 Å². The predicted octanol–water partition coefficient (Wildman–Crippen LogP) is 3.07. The number of fused-ring (bicyclic) bond motifs is 5. The third kappa shape index (κ3) is 1.88. The molecule has 0 amide bonds.